The van der Waals surface area contributed by atoms with Gasteiger partial charge in [-0.15, -0.1) is 10.2 Å². The molecule has 196 valence electrons. The normalized spacial score (nSPS) is 12.1. The largest absolute Gasteiger partial charge is 0.465 e. The number of esters is 1. The first-order chi connectivity index (χ1) is 17.5. The van der Waals surface area contributed by atoms with Gasteiger partial charge in [0.2, 0.25) is 17.6 Å². The molecule has 1 N–H and O–H groups in total. The highest BCUT2D eigenvalue weighted by Crippen LogP contribution is 2.24. The second kappa shape index (κ2) is 11.7. The molecule has 0 aliphatic heterocycles. The fourth-order valence-electron chi connectivity index (χ4n) is 3.46. The number of aromatic nitrogens is 4. The molecule has 3 aromatic rings. The highest BCUT2D eigenvalue weighted by atomic mass is 19.1. The summed E-state index contributed by atoms with van der Waals surface area (Å²) in [6, 6.07) is 9.19. The predicted octanol–water partition coefficient (Wildman–Crippen LogP) is 2.67. The number of amides is 2. The van der Waals surface area contributed by atoms with Gasteiger partial charge < -0.3 is 15.0 Å². The molecule has 2 amide bonds. The minimum Gasteiger partial charge on any atom is -0.465 e. The summed E-state index contributed by atoms with van der Waals surface area (Å²) in [5.41, 5.74) is 0.113. The molecule has 1 heterocycles. The zero-order valence-electron chi connectivity index (χ0n) is 20.9. The van der Waals surface area contributed by atoms with Crippen LogP contribution in [0.25, 0.3) is 11.4 Å². The highest BCUT2D eigenvalue weighted by molar-refractivity contribution is 5.91. The number of hydrogen-bond acceptors (Lipinski definition) is 7. The van der Waals surface area contributed by atoms with E-state index in [1.54, 1.807) is 27.7 Å². The van der Waals surface area contributed by atoms with Gasteiger partial charge in [0.15, 0.2) is 0 Å². The van der Waals surface area contributed by atoms with Crippen molar-refractivity contribution in [1.82, 2.24) is 30.4 Å². The molecule has 0 saturated carbocycles. The lowest BCUT2D eigenvalue weighted by Gasteiger charge is -2.33. The van der Waals surface area contributed by atoms with Crippen LogP contribution in [-0.4, -0.2) is 61.6 Å². The van der Waals surface area contributed by atoms with Gasteiger partial charge in [0.1, 0.15) is 30.8 Å². The van der Waals surface area contributed by atoms with Crippen LogP contribution in [0.5, 0.6) is 0 Å². The van der Waals surface area contributed by atoms with Crippen molar-refractivity contribution in [2.45, 2.75) is 45.8 Å². The Balaban J connectivity index is 1.95. The summed E-state index contributed by atoms with van der Waals surface area (Å²) in [7, 11) is 0. The molecule has 0 radical (unpaired) electrons. The Labute approximate surface area is 212 Å². The van der Waals surface area contributed by atoms with Crippen molar-refractivity contribution in [2.24, 2.45) is 0 Å². The molecular weight excluding hydrogens is 486 g/mol. The predicted molar refractivity (Wildman–Crippen MR) is 129 cm³/mol. The second-order valence-corrected chi connectivity index (χ2v) is 9.17. The lowest BCUT2D eigenvalue weighted by molar-refractivity contribution is -0.153. The van der Waals surface area contributed by atoms with Crippen LogP contribution in [0, 0.1) is 11.6 Å². The molecule has 37 heavy (non-hydrogen) atoms. The summed E-state index contributed by atoms with van der Waals surface area (Å²) in [5, 5.41) is 14.7. The van der Waals surface area contributed by atoms with Crippen LogP contribution >= 0.6 is 0 Å². The first kappa shape index (κ1) is 27.4. The van der Waals surface area contributed by atoms with Crippen LogP contribution in [0.15, 0.2) is 48.5 Å². The average Bonchev–Trinajstić information content (AvgIpc) is 3.27. The van der Waals surface area contributed by atoms with Crippen LogP contribution in [0.4, 0.5) is 8.78 Å². The Hall–Kier alpha value is -4.22. The fraction of sp³-hybridized carbons (Fsp3) is 0.360. The number of nitrogens with one attached hydrogen (secondary N) is 1. The van der Waals surface area contributed by atoms with Gasteiger partial charge in [0.25, 0.3) is 0 Å². The van der Waals surface area contributed by atoms with Crippen LogP contribution < -0.4 is 5.32 Å². The van der Waals surface area contributed by atoms with Gasteiger partial charge in [-0.1, -0.05) is 12.1 Å². The average molecular weight is 515 g/mol. The zero-order chi connectivity index (χ0) is 27.2. The van der Waals surface area contributed by atoms with Crippen LogP contribution in [0.2, 0.25) is 0 Å². The lowest BCUT2D eigenvalue weighted by Crippen LogP contribution is -2.51. The van der Waals surface area contributed by atoms with E-state index in [2.05, 4.69) is 20.7 Å². The Bertz CT molecular complexity index is 1240. The third-order valence-electron chi connectivity index (χ3n) is 5.00. The molecule has 2 aromatic carbocycles. The van der Waals surface area contributed by atoms with Gasteiger partial charge in [-0.05, 0) is 74.9 Å². The van der Waals surface area contributed by atoms with Crippen molar-refractivity contribution >= 4 is 17.8 Å². The summed E-state index contributed by atoms with van der Waals surface area (Å²) < 4.78 is 31.9. The van der Waals surface area contributed by atoms with Gasteiger partial charge in [0, 0.05) is 11.1 Å². The van der Waals surface area contributed by atoms with E-state index >= 15 is 0 Å². The summed E-state index contributed by atoms with van der Waals surface area (Å²) in [5.74, 6) is -2.79. The number of rotatable bonds is 9. The quantitative estimate of drug-likeness (QED) is 0.436. The summed E-state index contributed by atoms with van der Waals surface area (Å²) >= 11 is 0. The Morgan fingerprint density at radius 2 is 1.62 bits per heavy atom. The van der Waals surface area contributed by atoms with Crippen LogP contribution in [0.3, 0.4) is 0 Å². The molecule has 0 aliphatic rings. The zero-order valence-corrected chi connectivity index (χ0v) is 20.9. The topological polar surface area (TPSA) is 119 Å². The van der Waals surface area contributed by atoms with E-state index in [0.29, 0.717) is 11.1 Å². The third kappa shape index (κ3) is 7.63. The maximum absolute atomic E-state index is 13.6. The standard InChI is InChI=1S/C25H28F2N6O4/c1-5-37-21(35)15-32(22(24(36)28-25(2,3)4)16-6-10-18(26)11-7-16)20(34)14-33-30-23(29-31-33)17-8-12-19(27)13-9-17/h6-13,22H,5,14-15H2,1-4H3,(H,28,36)/t22-/m1/s1. The number of tetrazole rings is 1. The number of halogens is 2. The van der Waals surface area contributed by atoms with Gasteiger partial charge in [-0.25, -0.2) is 8.78 Å². The van der Waals surface area contributed by atoms with E-state index in [1.807, 2.05) is 0 Å². The number of carbonyl (C=O) groups is 3. The number of carbonyl (C=O) groups excluding carboxylic acids is 3. The van der Waals surface area contributed by atoms with Gasteiger partial charge in [0.05, 0.1) is 6.61 Å². The van der Waals surface area contributed by atoms with Crippen molar-refractivity contribution in [3.05, 3.63) is 65.7 Å². The number of ether oxygens (including phenoxy) is 1. The molecule has 10 nitrogen and oxygen atoms in total. The van der Waals surface area contributed by atoms with Crippen molar-refractivity contribution < 1.29 is 27.9 Å². The van der Waals surface area contributed by atoms with E-state index in [1.165, 1.54) is 36.4 Å². The lowest BCUT2D eigenvalue weighted by atomic mass is 10.0. The summed E-state index contributed by atoms with van der Waals surface area (Å²) in [6.07, 6.45) is 0. The van der Waals surface area contributed by atoms with Gasteiger partial charge in [-0.2, -0.15) is 4.80 Å². The molecular formula is C25H28F2N6O4. The number of nitrogens with zero attached hydrogens (tertiary/aromatic N) is 5. The molecule has 1 aromatic heterocycles. The SMILES string of the molecule is CCOC(=O)CN(C(=O)Cn1nnc(-c2ccc(F)cc2)n1)[C@@H](C(=O)NC(C)(C)C)c1ccc(F)cc1. The van der Waals surface area contributed by atoms with E-state index < -0.39 is 54.1 Å². The van der Waals surface area contributed by atoms with Crippen LogP contribution in [0.1, 0.15) is 39.3 Å². The van der Waals surface area contributed by atoms with Crippen molar-refractivity contribution in [3.63, 3.8) is 0 Å². The smallest absolute Gasteiger partial charge is 0.325 e. The van der Waals surface area contributed by atoms with E-state index in [-0.39, 0.29) is 12.4 Å². The first-order valence-corrected chi connectivity index (χ1v) is 11.5. The second-order valence-electron chi connectivity index (χ2n) is 9.17. The van der Waals surface area contributed by atoms with Crippen molar-refractivity contribution in [3.8, 4) is 11.4 Å². The molecule has 0 saturated heterocycles. The Morgan fingerprint density at radius 1 is 1.03 bits per heavy atom. The number of hydrogen-bond donors (Lipinski definition) is 1. The molecule has 0 fully saturated rings. The minimum atomic E-state index is -1.28. The highest BCUT2D eigenvalue weighted by Gasteiger charge is 2.35. The van der Waals surface area contributed by atoms with Crippen molar-refractivity contribution in [2.75, 3.05) is 13.2 Å². The van der Waals surface area contributed by atoms with Crippen molar-refractivity contribution in [1.29, 1.82) is 0 Å². The molecule has 0 unspecified atom stereocenters. The van der Waals surface area contributed by atoms with E-state index in [0.717, 1.165) is 21.8 Å². The fourth-order valence-corrected chi connectivity index (χ4v) is 3.46. The molecule has 0 bridgehead atoms. The minimum absolute atomic E-state index is 0.0714. The molecule has 0 aliphatic carbocycles. The molecule has 12 heteroatoms. The molecule has 3 rings (SSSR count). The maximum Gasteiger partial charge on any atom is 0.325 e. The Morgan fingerprint density at radius 3 is 2.19 bits per heavy atom. The van der Waals surface area contributed by atoms with E-state index in [9.17, 15) is 23.2 Å². The third-order valence-corrected chi connectivity index (χ3v) is 5.00. The monoisotopic (exact) mass is 514 g/mol. The van der Waals surface area contributed by atoms with E-state index in [4.69, 9.17) is 4.74 Å². The summed E-state index contributed by atoms with van der Waals surface area (Å²) in [4.78, 5) is 41.3. The Kier molecular flexibility index (Phi) is 8.64. The molecule has 1 atom stereocenters. The molecule has 0 spiro atoms. The van der Waals surface area contributed by atoms with Gasteiger partial charge in [-0.3, -0.25) is 14.4 Å². The maximum atomic E-state index is 13.6. The number of benzene rings is 2. The van der Waals surface area contributed by atoms with Crippen LogP contribution in [-0.2, 0) is 25.7 Å². The summed E-state index contributed by atoms with van der Waals surface area (Å²) in [6.45, 7) is 5.97. The van der Waals surface area contributed by atoms with Gasteiger partial charge >= 0.3 is 5.97 Å². The first-order valence-electron chi connectivity index (χ1n) is 11.5.